The molecule has 1 aliphatic heterocycles. The Bertz CT molecular complexity index is 648. The fraction of sp³-hybridized carbons (Fsp3) is 0.125. The van der Waals surface area contributed by atoms with Gasteiger partial charge in [-0.05, 0) is 23.3 Å². The highest BCUT2D eigenvalue weighted by atomic mass is 16.4. The fourth-order valence-electron chi connectivity index (χ4n) is 2.29. The lowest BCUT2D eigenvalue weighted by Crippen LogP contribution is -2.28. The Labute approximate surface area is 116 Å². The third-order valence-corrected chi connectivity index (χ3v) is 3.40. The van der Waals surface area contributed by atoms with Crippen LogP contribution in [-0.2, 0) is 4.79 Å². The normalized spacial score (nSPS) is 17.4. The minimum atomic E-state index is -0.818. The Hall–Kier alpha value is -2.62. The number of pyridine rings is 1. The van der Waals surface area contributed by atoms with Crippen molar-refractivity contribution < 1.29 is 9.90 Å². The molecule has 0 amide bonds. The van der Waals surface area contributed by atoms with Crippen LogP contribution >= 0.6 is 0 Å². The summed E-state index contributed by atoms with van der Waals surface area (Å²) in [6.45, 7) is 0. The van der Waals surface area contributed by atoms with E-state index in [2.05, 4.69) is 10.3 Å². The summed E-state index contributed by atoms with van der Waals surface area (Å²) in [6, 6.07) is 13.3. The number of hydrogen-bond acceptors (Lipinski definition) is 3. The van der Waals surface area contributed by atoms with E-state index in [1.807, 2.05) is 42.5 Å². The summed E-state index contributed by atoms with van der Waals surface area (Å²) in [7, 11) is 0. The maximum Gasteiger partial charge on any atom is 0.326 e. The Balaban J connectivity index is 1.79. The van der Waals surface area contributed by atoms with Gasteiger partial charge in [0.2, 0.25) is 0 Å². The Morgan fingerprint density at radius 1 is 1.15 bits per heavy atom. The third kappa shape index (κ3) is 2.40. The summed E-state index contributed by atoms with van der Waals surface area (Å²) in [5.74, 6) is -0.818. The summed E-state index contributed by atoms with van der Waals surface area (Å²) < 4.78 is 0. The molecule has 0 saturated heterocycles. The van der Waals surface area contributed by atoms with Crippen LogP contribution < -0.4 is 5.32 Å². The topological polar surface area (TPSA) is 62.2 Å². The molecule has 2 heterocycles. The molecule has 1 unspecified atom stereocenters. The van der Waals surface area contributed by atoms with Crippen LogP contribution in [0.15, 0.2) is 54.9 Å². The molecule has 0 radical (unpaired) electrons. The van der Waals surface area contributed by atoms with E-state index in [1.54, 1.807) is 12.4 Å². The molecule has 1 aromatic carbocycles. The maximum atomic E-state index is 10.9. The summed E-state index contributed by atoms with van der Waals surface area (Å²) >= 11 is 0. The molecule has 1 atom stereocenters. The van der Waals surface area contributed by atoms with Crippen molar-refractivity contribution in [2.75, 3.05) is 0 Å². The molecule has 3 rings (SSSR count). The van der Waals surface area contributed by atoms with E-state index in [4.69, 9.17) is 5.11 Å². The number of hydrogen-bond donors (Lipinski definition) is 2. The molecule has 1 aliphatic rings. The van der Waals surface area contributed by atoms with Crippen LogP contribution in [0.3, 0.4) is 0 Å². The first-order valence-electron chi connectivity index (χ1n) is 6.44. The Kier molecular flexibility index (Phi) is 3.21. The number of rotatable bonds is 3. The first-order chi connectivity index (χ1) is 9.74. The van der Waals surface area contributed by atoms with E-state index in [0.29, 0.717) is 6.42 Å². The quantitative estimate of drug-likeness (QED) is 0.896. The largest absolute Gasteiger partial charge is 0.480 e. The molecule has 2 N–H and O–H groups in total. The lowest BCUT2D eigenvalue weighted by molar-refractivity contribution is -0.138. The van der Waals surface area contributed by atoms with Gasteiger partial charge in [-0.25, -0.2) is 4.79 Å². The van der Waals surface area contributed by atoms with Gasteiger partial charge in [0.25, 0.3) is 0 Å². The van der Waals surface area contributed by atoms with Gasteiger partial charge in [-0.1, -0.05) is 30.3 Å². The van der Waals surface area contributed by atoms with E-state index in [9.17, 15) is 4.79 Å². The van der Waals surface area contributed by atoms with E-state index in [-0.39, 0.29) is 0 Å². The second kappa shape index (κ2) is 5.17. The molecular weight excluding hydrogens is 252 g/mol. The summed E-state index contributed by atoms with van der Waals surface area (Å²) in [6.07, 6.45) is 4.07. The van der Waals surface area contributed by atoms with E-state index in [0.717, 1.165) is 22.4 Å². The lowest BCUT2D eigenvalue weighted by atomic mass is 10.0. The molecule has 0 saturated carbocycles. The third-order valence-electron chi connectivity index (χ3n) is 3.40. The van der Waals surface area contributed by atoms with Crippen LogP contribution in [0.4, 0.5) is 0 Å². The molecule has 0 fully saturated rings. The number of nitrogens with zero attached hydrogens (tertiary/aromatic N) is 1. The van der Waals surface area contributed by atoms with Crippen LogP contribution in [0.2, 0.25) is 0 Å². The molecule has 4 nitrogen and oxygen atoms in total. The van der Waals surface area contributed by atoms with Gasteiger partial charge >= 0.3 is 5.97 Å². The molecule has 1 aromatic heterocycles. The van der Waals surface area contributed by atoms with Gasteiger partial charge < -0.3 is 10.4 Å². The van der Waals surface area contributed by atoms with Gasteiger partial charge in [0.15, 0.2) is 0 Å². The number of carboxylic acid groups (broad SMARTS) is 1. The van der Waals surface area contributed by atoms with Gasteiger partial charge in [-0.15, -0.1) is 0 Å². The standard InChI is InChI=1S/C16H14N2O2/c19-16(20)15-9-13(10-18-15)11-4-6-12(7-5-11)14-3-1-2-8-17-14/h1-8,10,15,18H,9H2,(H,19,20). The Morgan fingerprint density at radius 2 is 1.90 bits per heavy atom. The van der Waals surface area contributed by atoms with Crippen molar-refractivity contribution in [2.24, 2.45) is 0 Å². The summed E-state index contributed by atoms with van der Waals surface area (Å²) in [4.78, 5) is 15.2. The van der Waals surface area contributed by atoms with Gasteiger partial charge in [0.1, 0.15) is 6.04 Å². The van der Waals surface area contributed by atoms with Crippen molar-refractivity contribution in [3.05, 3.63) is 60.4 Å². The molecule has 0 bridgehead atoms. The fourth-order valence-corrected chi connectivity index (χ4v) is 2.29. The van der Waals surface area contributed by atoms with Gasteiger partial charge in [-0.2, -0.15) is 0 Å². The van der Waals surface area contributed by atoms with Crippen LogP contribution in [-0.4, -0.2) is 22.1 Å². The molecule has 100 valence electrons. The van der Waals surface area contributed by atoms with Gasteiger partial charge in [0, 0.05) is 24.4 Å². The average molecular weight is 266 g/mol. The van der Waals surface area contributed by atoms with Crippen molar-refractivity contribution in [2.45, 2.75) is 12.5 Å². The highest BCUT2D eigenvalue weighted by Crippen LogP contribution is 2.26. The van der Waals surface area contributed by atoms with Crippen molar-refractivity contribution in [3.8, 4) is 11.3 Å². The molecule has 20 heavy (non-hydrogen) atoms. The van der Waals surface area contributed by atoms with Crippen molar-refractivity contribution in [1.82, 2.24) is 10.3 Å². The number of aliphatic carboxylic acids is 1. The first kappa shape index (κ1) is 12.4. The molecular formula is C16H14N2O2. The first-order valence-corrected chi connectivity index (χ1v) is 6.44. The zero-order valence-corrected chi connectivity index (χ0v) is 10.8. The van der Waals surface area contributed by atoms with E-state index in [1.165, 1.54) is 0 Å². The monoisotopic (exact) mass is 266 g/mol. The van der Waals surface area contributed by atoms with Crippen LogP contribution in [0, 0.1) is 0 Å². The van der Waals surface area contributed by atoms with Crippen molar-refractivity contribution >= 4 is 11.5 Å². The number of benzene rings is 1. The van der Waals surface area contributed by atoms with Crippen LogP contribution in [0.5, 0.6) is 0 Å². The van der Waals surface area contributed by atoms with E-state index < -0.39 is 12.0 Å². The predicted molar refractivity (Wildman–Crippen MR) is 76.8 cm³/mol. The highest BCUT2D eigenvalue weighted by molar-refractivity contribution is 5.81. The molecule has 2 aromatic rings. The Morgan fingerprint density at radius 3 is 2.50 bits per heavy atom. The predicted octanol–water partition coefficient (Wildman–Crippen LogP) is 2.54. The number of nitrogens with one attached hydrogen (secondary N) is 1. The zero-order valence-electron chi connectivity index (χ0n) is 10.8. The second-order valence-electron chi connectivity index (χ2n) is 4.72. The highest BCUT2D eigenvalue weighted by Gasteiger charge is 2.23. The maximum absolute atomic E-state index is 10.9. The number of carboxylic acids is 1. The minimum absolute atomic E-state index is 0.512. The van der Waals surface area contributed by atoms with Crippen LogP contribution in [0.25, 0.3) is 16.8 Å². The summed E-state index contributed by atoms with van der Waals surface area (Å²) in [5, 5.41) is 11.8. The smallest absolute Gasteiger partial charge is 0.326 e. The molecule has 0 aliphatic carbocycles. The minimum Gasteiger partial charge on any atom is -0.480 e. The average Bonchev–Trinajstić information content (AvgIpc) is 2.98. The van der Waals surface area contributed by atoms with Crippen molar-refractivity contribution in [3.63, 3.8) is 0 Å². The number of aromatic nitrogens is 1. The SMILES string of the molecule is O=C(O)C1CC(c2ccc(-c3ccccn3)cc2)=CN1. The zero-order chi connectivity index (χ0) is 13.9. The van der Waals surface area contributed by atoms with E-state index >= 15 is 0 Å². The van der Waals surface area contributed by atoms with Gasteiger partial charge in [-0.3, -0.25) is 4.98 Å². The van der Waals surface area contributed by atoms with Crippen molar-refractivity contribution in [1.29, 1.82) is 0 Å². The number of carbonyl (C=O) groups is 1. The summed E-state index contributed by atoms with van der Waals surface area (Å²) in [5.41, 5.74) is 4.04. The molecule has 0 spiro atoms. The molecule has 4 heteroatoms. The second-order valence-corrected chi connectivity index (χ2v) is 4.72. The lowest BCUT2D eigenvalue weighted by Gasteiger charge is -2.06. The van der Waals surface area contributed by atoms with Gasteiger partial charge in [0.05, 0.1) is 5.69 Å². The van der Waals surface area contributed by atoms with Crippen LogP contribution in [0.1, 0.15) is 12.0 Å².